The van der Waals surface area contributed by atoms with Crippen LogP contribution in [0.1, 0.15) is 24.0 Å². The fourth-order valence-corrected chi connectivity index (χ4v) is 2.65. The maximum Gasteiger partial charge on any atom is 0.336 e. The molecule has 1 aliphatic rings. The first-order valence-electron chi connectivity index (χ1n) is 6.48. The Hall–Kier alpha value is -1.61. The normalized spacial score (nSPS) is 16.5. The topological polar surface area (TPSA) is 33.5 Å². The van der Waals surface area contributed by atoms with Crippen molar-refractivity contribution in [3.63, 3.8) is 0 Å². The number of fused-ring (bicyclic) bond motifs is 1. The fraction of sp³-hybridized carbons (Fsp3) is 0.400. The lowest BCUT2D eigenvalue weighted by molar-refractivity contribution is 0.331. The second kappa shape index (κ2) is 4.58. The molecule has 0 aliphatic carbocycles. The highest BCUT2D eigenvalue weighted by Gasteiger charge is 2.14. The Morgan fingerprint density at radius 3 is 2.78 bits per heavy atom. The predicted octanol–water partition coefficient (Wildman–Crippen LogP) is 2.70. The summed E-state index contributed by atoms with van der Waals surface area (Å²) in [5, 5.41) is 1.06. The van der Waals surface area contributed by atoms with E-state index in [1.54, 1.807) is 6.07 Å². The molecule has 0 unspecified atom stereocenters. The molecule has 3 heteroatoms. The van der Waals surface area contributed by atoms with Crippen LogP contribution in [0.4, 0.5) is 0 Å². The van der Waals surface area contributed by atoms with Gasteiger partial charge in [0, 0.05) is 18.0 Å². The third-order valence-corrected chi connectivity index (χ3v) is 3.58. The molecule has 0 bridgehead atoms. The molecule has 0 N–H and O–H groups in total. The van der Waals surface area contributed by atoms with Gasteiger partial charge >= 0.3 is 5.63 Å². The molecule has 1 saturated heterocycles. The molecule has 0 saturated carbocycles. The molecule has 3 nitrogen and oxygen atoms in total. The second-order valence-electron chi connectivity index (χ2n) is 5.07. The molecule has 2 heterocycles. The zero-order chi connectivity index (χ0) is 12.5. The Morgan fingerprint density at radius 1 is 1.22 bits per heavy atom. The minimum absolute atomic E-state index is 0.248. The molecular formula is C15H17NO2. The summed E-state index contributed by atoms with van der Waals surface area (Å²) in [7, 11) is 0. The van der Waals surface area contributed by atoms with Crippen LogP contribution in [0.15, 0.2) is 33.5 Å². The second-order valence-corrected chi connectivity index (χ2v) is 5.07. The summed E-state index contributed by atoms with van der Waals surface area (Å²) in [6.45, 7) is 5.12. The van der Waals surface area contributed by atoms with E-state index < -0.39 is 0 Å². The van der Waals surface area contributed by atoms with Gasteiger partial charge in [0.25, 0.3) is 0 Å². The van der Waals surface area contributed by atoms with Gasteiger partial charge in [0.15, 0.2) is 0 Å². The summed E-state index contributed by atoms with van der Waals surface area (Å²) in [4.78, 5) is 14.0. The quantitative estimate of drug-likeness (QED) is 0.760. The lowest BCUT2D eigenvalue weighted by Crippen LogP contribution is -2.19. The zero-order valence-electron chi connectivity index (χ0n) is 10.6. The summed E-state index contributed by atoms with van der Waals surface area (Å²) in [5.41, 5.74) is 2.66. The van der Waals surface area contributed by atoms with E-state index in [2.05, 4.69) is 17.0 Å². The standard InChI is InChI=1S/C15H17NO2/c1-11-4-5-13-12(10-16-6-2-3-7-16)9-15(17)18-14(13)8-11/h4-5,8-9H,2-3,6-7,10H2,1H3. The minimum atomic E-state index is -0.248. The molecule has 1 aromatic carbocycles. The molecule has 0 spiro atoms. The summed E-state index contributed by atoms with van der Waals surface area (Å²) >= 11 is 0. The molecule has 0 amide bonds. The zero-order valence-corrected chi connectivity index (χ0v) is 10.6. The van der Waals surface area contributed by atoms with Gasteiger partial charge in [-0.3, -0.25) is 4.90 Å². The van der Waals surface area contributed by atoms with E-state index in [1.165, 1.54) is 12.8 Å². The van der Waals surface area contributed by atoms with Gasteiger partial charge in [-0.2, -0.15) is 0 Å². The molecule has 1 aromatic heterocycles. The Morgan fingerprint density at radius 2 is 2.00 bits per heavy atom. The Kier molecular flexibility index (Phi) is 2.92. The van der Waals surface area contributed by atoms with Crippen molar-refractivity contribution in [2.75, 3.05) is 13.1 Å². The Balaban J connectivity index is 2.06. The number of likely N-dealkylation sites (tertiary alicyclic amines) is 1. The highest BCUT2D eigenvalue weighted by molar-refractivity contribution is 5.80. The maximum absolute atomic E-state index is 11.6. The minimum Gasteiger partial charge on any atom is -0.423 e. The third-order valence-electron chi connectivity index (χ3n) is 3.58. The Labute approximate surface area is 106 Å². The van der Waals surface area contributed by atoms with Crippen LogP contribution in [0.25, 0.3) is 11.0 Å². The lowest BCUT2D eigenvalue weighted by Gasteiger charge is -2.15. The van der Waals surface area contributed by atoms with Crippen LogP contribution in [-0.2, 0) is 6.54 Å². The van der Waals surface area contributed by atoms with Gasteiger partial charge in [-0.25, -0.2) is 4.79 Å². The van der Waals surface area contributed by atoms with E-state index in [-0.39, 0.29) is 5.63 Å². The average Bonchev–Trinajstić information content (AvgIpc) is 2.80. The number of aryl methyl sites for hydroxylation is 1. The maximum atomic E-state index is 11.6. The summed E-state index contributed by atoms with van der Waals surface area (Å²) in [6.07, 6.45) is 2.52. The highest BCUT2D eigenvalue weighted by atomic mass is 16.4. The van der Waals surface area contributed by atoms with Crippen molar-refractivity contribution in [2.45, 2.75) is 26.3 Å². The van der Waals surface area contributed by atoms with Crippen molar-refractivity contribution < 1.29 is 4.42 Å². The molecule has 3 rings (SSSR count). The molecule has 0 radical (unpaired) electrons. The first-order chi connectivity index (χ1) is 8.72. The molecule has 2 aromatic rings. The number of hydrogen-bond donors (Lipinski definition) is 0. The van der Waals surface area contributed by atoms with Crippen molar-refractivity contribution in [1.82, 2.24) is 4.90 Å². The third kappa shape index (κ3) is 2.18. The Bertz CT molecular complexity index is 624. The SMILES string of the molecule is Cc1ccc2c(CN3CCCC3)cc(=O)oc2c1. The number of benzene rings is 1. The first kappa shape index (κ1) is 11.5. The highest BCUT2D eigenvalue weighted by Crippen LogP contribution is 2.21. The average molecular weight is 243 g/mol. The molecule has 0 atom stereocenters. The summed E-state index contributed by atoms with van der Waals surface area (Å²) in [5.74, 6) is 0. The smallest absolute Gasteiger partial charge is 0.336 e. The van der Waals surface area contributed by atoms with E-state index in [0.717, 1.165) is 36.1 Å². The molecule has 1 fully saturated rings. The number of nitrogens with zero attached hydrogens (tertiary/aromatic N) is 1. The van der Waals surface area contributed by atoms with Gasteiger partial charge < -0.3 is 4.42 Å². The van der Waals surface area contributed by atoms with Crippen molar-refractivity contribution in [3.05, 3.63) is 45.8 Å². The van der Waals surface area contributed by atoms with Crippen molar-refractivity contribution in [3.8, 4) is 0 Å². The largest absolute Gasteiger partial charge is 0.423 e. The van der Waals surface area contributed by atoms with Crippen LogP contribution in [0.3, 0.4) is 0 Å². The van der Waals surface area contributed by atoms with Crippen molar-refractivity contribution in [1.29, 1.82) is 0 Å². The van der Waals surface area contributed by atoms with Gasteiger partial charge in [0.05, 0.1) is 0 Å². The number of rotatable bonds is 2. The van der Waals surface area contributed by atoms with Crippen LogP contribution in [0.2, 0.25) is 0 Å². The molecular weight excluding hydrogens is 226 g/mol. The fourth-order valence-electron chi connectivity index (χ4n) is 2.65. The monoisotopic (exact) mass is 243 g/mol. The van der Waals surface area contributed by atoms with Gasteiger partial charge in [-0.05, 0) is 50.0 Å². The molecule has 1 aliphatic heterocycles. The first-order valence-corrected chi connectivity index (χ1v) is 6.48. The summed E-state index contributed by atoms with van der Waals surface area (Å²) in [6, 6.07) is 7.69. The van der Waals surface area contributed by atoms with Crippen molar-refractivity contribution in [2.24, 2.45) is 0 Å². The van der Waals surface area contributed by atoms with Gasteiger partial charge in [-0.1, -0.05) is 12.1 Å². The van der Waals surface area contributed by atoms with Crippen LogP contribution >= 0.6 is 0 Å². The van der Waals surface area contributed by atoms with E-state index in [4.69, 9.17) is 4.42 Å². The van der Waals surface area contributed by atoms with Crippen LogP contribution in [-0.4, -0.2) is 18.0 Å². The van der Waals surface area contributed by atoms with E-state index in [1.807, 2.05) is 13.0 Å². The van der Waals surface area contributed by atoms with Crippen LogP contribution in [0, 0.1) is 6.92 Å². The lowest BCUT2D eigenvalue weighted by atomic mass is 10.1. The van der Waals surface area contributed by atoms with Crippen LogP contribution < -0.4 is 5.63 Å². The summed E-state index contributed by atoms with van der Waals surface area (Å²) < 4.78 is 5.27. The van der Waals surface area contributed by atoms with Gasteiger partial charge in [-0.15, -0.1) is 0 Å². The van der Waals surface area contributed by atoms with Crippen LogP contribution in [0.5, 0.6) is 0 Å². The van der Waals surface area contributed by atoms with E-state index >= 15 is 0 Å². The van der Waals surface area contributed by atoms with E-state index in [0.29, 0.717) is 5.58 Å². The van der Waals surface area contributed by atoms with Gasteiger partial charge in [0.2, 0.25) is 0 Å². The molecule has 94 valence electrons. The number of hydrogen-bond acceptors (Lipinski definition) is 3. The van der Waals surface area contributed by atoms with E-state index in [9.17, 15) is 4.79 Å². The molecule has 18 heavy (non-hydrogen) atoms. The van der Waals surface area contributed by atoms with Gasteiger partial charge in [0.1, 0.15) is 5.58 Å². The predicted molar refractivity (Wildman–Crippen MR) is 71.7 cm³/mol. The van der Waals surface area contributed by atoms with Crippen molar-refractivity contribution >= 4 is 11.0 Å².